The predicted octanol–water partition coefficient (Wildman–Crippen LogP) is 1.62. The number of rotatable bonds is 6. The Morgan fingerprint density at radius 3 is 2.65 bits per heavy atom. The molecule has 0 aliphatic heterocycles. The van der Waals surface area contributed by atoms with E-state index in [4.69, 9.17) is 5.11 Å². The van der Waals surface area contributed by atoms with Crippen LogP contribution in [0.4, 0.5) is 5.69 Å². The average molecular weight is 236 g/mol. The molecule has 1 amide bonds. The number of anilines is 1. The molecule has 17 heavy (non-hydrogen) atoms. The number of para-hydroxylation sites is 1. The zero-order valence-electron chi connectivity index (χ0n) is 10.4. The average Bonchev–Trinajstić information content (AvgIpc) is 2.36. The molecule has 1 aromatic carbocycles. The minimum absolute atomic E-state index is 0.0361. The molecule has 0 fully saturated rings. The Morgan fingerprint density at radius 1 is 1.35 bits per heavy atom. The maximum absolute atomic E-state index is 12.0. The third kappa shape index (κ3) is 3.75. The zero-order chi connectivity index (χ0) is 12.7. The highest BCUT2D eigenvalue weighted by Gasteiger charge is 2.13. The molecule has 0 aliphatic rings. The number of aliphatic hydroxyl groups is 1. The molecule has 0 aliphatic carbocycles. The lowest BCUT2D eigenvalue weighted by Gasteiger charge is -2.16. The molecule has 4 nitrogen and oxygen atoms in total. The van der Waals surface area contributed by atoms with Gasteiger partial charge in [0.25, 0.3) is 5.91 Å². The topological polar surface area (TPSA) is 61.4 Å². The standard InChI is InChI=1S/C13H20N2O2/c1-3-10(9-16)15-13(17)11-7-5-6-8-12(11)14-4-2/h5-8,10,14,16H,3-4,9H2,1-2H3,(H,15,17). The van der Waals surface area contributed by atoms with E-state index in [1.54, 1.807) is 6.07 Å². The van der Waals surface area contributed by atoms with E-state index < -0.39 is 0 Å². The third-order valence-corrected chi connectivity index (χ3v) is 2.59. The number of hydrogen-bond donors (Lipinski definition) is 3. The van der Waals surface area contributed by atoms with E-state index in [0.29, 0.717) is 12.0 Å². The van der Waals surface area contributed by atoms with Crippen molar-refractivity contribution in [2.24, 2.45) is 0 Å². The van der Waals surface area contributed by atoms with E-state index in [2.05, 4.69) is 10.6 Å². The smallest absolute Gasteiger partial charge is 0.253 e. The van der Waals surface area contributed by atoms with Gasteiger partial charge in [-0.1, -0.05) is 19.1 Å². The molecule has 1 atom stereocenters. The second-order valence-electron chi connectivity index (χ2n) is 3.84. The van der Waals surface area contributed by atoms with Crippen LogP contribution in [0.1, 0.15) is 30.6 Å². The maximum atomic E-state index is 12.0. The fourth-order valence-electron chi connectivity index (χ4n) is 1.57. The number of amides is 1. The SMILES string of the molecule is CCNc1ccccc1C(=O)NC(CC)CO. The molecular formula is C13H20N2O2. The summed E-state index contributed by atoms with van der Waals surface area (Å²) in [6.45, 7) is 4.64. The monoisotopic (exact) mass is 236 g/mol. The van der Waals surface area contributed by atoms with Crippen LogP contribution in [-0.4, -0.2) is 30.2 Å². The van der Waals surface area contributed by atoms with Crippen molar-refractivity contribution in [1.82, 2.24) is 5.32 Å². The normalized spacial score (nSPS) is 11.9. The van der Waals surface area contributed by atoms with Crippen LogP contribution in [0.3, 0.4) is 0 Å². The second-order valence-corrected chi connectivity index (χ2v) is 3.84. The Bertz CT molecular complexity index is 362. The van der Waals surface area contributed by atoms with E-state index in [1.807, 2.05) is 32.0 Å². The molecule has 1 unspecified atom stereocenters. The molecule has 4 heteroatoms. The Labute approximate surface area is 102 Å². The largest absolute Gasteiger partial charge is 0.394 e. The number of carbonyl (C=O) groups excluding carboxylic acids is 1. The lowest BCUT2D eigenvalue weighted by Crippen LogP contribution is -2.37. The van der Waals surface area contributed by atoms with Gasteiger partial charge in [-0.3, -0.25) is 4.79 Å². The van der Waals surface area contributed by atoms with Gasteiger partial charge in [0.15, 0.2) is 0 Å². The highest BCUT2D eigenvalue weighted by Crippen LogP contribution is 2.14. The molecule has 0 radical (unpaired) electrons. The van der Waals surface area contributed by atoms with Gasteiger partial charge in [-0.05, 0) is 25.5 Å². The van der Waals surface area contributed by atoms with Crippen molar-refractivity contribution in [2.45, 2.75) is 26.3 Å². The minimum atomic E-state index is -0.183. The fourth-order valence-corrected chi connectivity index (χ4v) is 1.57. The van der Waals surface area contributed by atoms with Crippen molar-refractivity contribution in [1.29, 1.82) is 0 Å². The van der Waals surface area contributed by atoms with E-state index in [9.17, 15) is 4.79 Å². The van der Waals surface area contributed by atoms with Crippen LogP contribution < -0.4 is 10.6 Å². The molecule has 0 aromatic heterocycles. The van der Waals surface area contributed by atoms with Crippen LogP contribution >= 0.6 is 0 Å². The Kier molecular flexibility index (Phi) is 5.49. The Hall–Kier alpha value is -1.55. The molecule has 3 N–H and O–H groups in total. The van der Waals surface area contributed by atoms with Gasteiger partial charge < -0.3 is 15.7 Å². The molecule has 0 saturated carbocycles. The molecule has 1 rings (SSSR count). The van der Waals surface area contributed by atoms with Crippen LogP contribution in [0.2, 0.25) is 0 Å². The first-order chi connectivity index (χ1) is 8.22. The van der Waals surface area contributed by atoms with Crippen molar-refractivity contribution in [3.8, 4) is 0 Å². The first kappa shape index (κ1) is 13.5. The van der Waals surface area contributed by atoms with Gasteiger partial charge in [0.05, 0.1) is 18.2 Å². The summed E-state index contributed by atoms with van der Waals surface area (Å²) in [5.74, 6) is -0.151. The summed E-state index contributed by atoms with van der Waals surface area (Å²) in [5, 5.41) is 15.0. The number of hydrogen-bond acceptors (Lipinski definition) is 3. The quantitative estimate of drug-likeness (QED) is 0.703. The van der Waals surface area contributed by atoms with Crippen LogP contribution in [0, 0.1) is 0 Å². The van der Waals surface area contributed by atoms with Crippen molar-refractivity contribution in [3.05, 3.63) is 29.8 Å². The first-order valence-corrected chi connectivity index (χ1v) is 5.97. The number of carbonyl (C=O) groups is 1. The van der Waals surface area contributed by atoms with Gasteiger partial charge in [-0.25, -0.2) is 0 Å². The van der Waals surface area contributed by atoms with E-state index in [1.165, 1.54) is 0 Å². The summed E-state index contributed by atoms with van der Waals surface area (Å²) in [5.41, 5.74) is 1.43. The van der Waals surface area contributed by atoms with Gasteiger partial charge >= 0.3 is 0 Å². The maximum Gasteiger partial charge on any atom is 0.253 e. The summed E-state index contributed by atoms with van der Waals surface area (Å²) in [6.07, 6.45) is 0.714. The van der Waals surface area contributed by atoms with Crippen LogP contribution in [0.25, 0.3) is 0 Å². The third-order valence-electron chi connectivity index (χ3n) is 2.59. The summed E-state index contributed by atoms with van der Waals surface area (Å²) < 4.78 is 0. The van der Waals surface area contributed by atoms with Crippen LogP contribution in [0.15, 0.2) is 24.3 Å². The van der Waals surface area contributed by atoms with Gasteiger partial charge in [0.2, 0.25) is 0 Å². The molecule has 0 heterocycles. The molecule has 0 bridgehead atoms. The summed E-state index contributed by atoms with van der Waals surface area (Å²) in [4.78, 5) is 12.0. The van der Waals surface area contributed by atoms with Gasteiger partial charge in [0, 0.05) is 12.2 Å². The lowest BCUT2D eigenvalue weighted by atomic mass is 10.1. The van der Waals surface area contributed by atoms with Gasteiger partial charge in [-0.15, -0.1) is 0 Å². The van der Waals surface area contributed by atoms with Gasteiger partial charge in [0.1, 0.15) is 0 Å². The van der Waals surface area contributed by atoms with Crippen LogP contribution in [0.5, 0.6) is 0 Å². The van der Waals surface area contributed by atoms with E-state index in [0.717, 1.165) is 12.2 Å². The second kappa shape index (κ2) is 6.91. The predicted molar refractivity (Wildman–Crippen MR) is 69.2 cm³/mol. The molecule has 94 valence electrons. The highest BCUT2D eigenvalue weighted by molar-refractivity contribution is 5.99. The number of aliphatic hydroxyl groups excluding tert-OH is 1. The number of benzene rings is 1. The summed E-state index contributed by atoms with van der Waals surface area (Å²) >= 11 is 0. The first-order valence-electron chi connectivity index (χ1n) is 5.97. The summed E-state index contributed by atoms with van der Waals surface area (Å²) in [6, 6.07) is 7.18. The zero-order valence-corrected chi connectivity index (χ0v) is 10.4. The van der Waals surface area contributed by atoms with Crippen molar-refractivity contribution < 1.29 is 9.90 Å². The van der Waals surface area contributed by atoms with E-state index in [-0.39, 0.29) is 18.6 Å². The van der Waals surface area contributed by atoms with Crippen molar-refractivity contribution >= 4 is 11.6 Å². The molecule has 0 saturated heterocycles. The lowest BCUT2D eigenvalue weighted by molar-refractivity contribution is 0.0916. The minimum Gasteiger partial charge on any atom is -0.394 e. The Balaban J connectivity index is 2.80. The van der Waals surface area contributed by atoms with Crippen LogP contribution in [-0.2, 0) is 0 Å². The van der Waals surface area contributed by atoms with Crippen molar-refractivity contribution in [2.75, 3.05) is 18.5 Å². The van der Waals surface area contributed by atoms with Gasteiger partial charge in [-0.2, -0.15) is 0 Å². The number of nitrogens with one attached hydrogen (secondary N) is 2. The summed E-state index contributed by atoms with van der Waals surface area (Å²) in [7, 11) is 0. The fraction of sp³-hybridized carbons (Fsp3) is 0.462. The van der Waals surface area contributed by atoms with E-state index >= 15 is 0 Å². The molecular weight excluding hydrogens is 216 g/mol. The molecule has 1 aromatic rings. The molecule has 0 spiro atoms. The highest BCUT2D eigenvalue weighted by atomic mass is 16.3. The van der Waals surface area contributed by atoms with Crippen molar-refractivity contribution in [3.63, 3.8) is 0 Å². The Morgan fingerprint density at radius 2 is 2.06 bits per heavy atom.